The predicted molar refractivity (Wildman–Crippen MR) is 159 cm³/mol. The van der Waals surface area contributed by atoms with Crippen LogP contribution in [0.15, 0.2) is 25.3 Å². The van der Waals surface area contributed by atoms with Crippen molar-refractivity contribution in [3.05, 3.63) is 25.3 Å². The van der Waals surface area contributed by atoms with Gasteiger partial charge in [0, 0.05) is 0 Å². The van der Waals surface area contributed by atoms with Gasteiger partial charge in [0.2, 0.25) is 0 Å². The van der Waals surface area contributed by atoms with Crippen LogP contribution in [-0.4, -0.2) is 114 Å². The second kappa shape index (κ2) is 18.6. The number of phosphoric acid groups is 4. The quantitative estimate of drug-likeness (QED) is 0.0457. The molecule has 4 unspecified atom stereocenters. The van der Waals surface area contributed by atoms with Crippen molar-refractivity contribution in [2.75, 3.05) is 24.7 Å². The second-order valence-corrected chi connectivity index (χ2v) is 17.0. The number of aromatic nitrogens is 8. The Balaban J connectivity index is 0.00000280. The number of nitrogens with zero attached hydrogens (tertiary/aromatic N) is 8. The molecule has 2 fully saturated rings. The maximum absolute atomic E-state index is 12.3. The van der Waals surface area contributed by atoms with Crippen molar-refractivity contribution < 1.29 is 146 Å². The molecule has 2 aliphatic rings. The van der Waals surface area contributed by atoms with Crippen molar-refractivity contribution in [2.24, 2.45) is 0 Å². The molecule has 6 rings (SSSR count). The zero-order valence-electron chi connectivity index (χ0n) is 28.8. The minimum Gasteiger partial charge on any atom is -0.756 e. The summed E-state index contributed by atoms with van der Waals surface area (Å²) in [5.41, 5.74) is 11.7. The van der Waals surface area contributed by atoms with Gasteiger partial charge in [0.25, 0.3) is 23.5 Å². The van der Waals surface area contributed by atoms with Crippen molar-refractivity contribution in [1.82, 2.24) is 39.0 Å². The zero-order chi connectivity index (χ0) is 38.7. The third-order valence-electron chi connectivity index (χ3n) is 7.40. The van der Waals surface area contributed by atoms with E-state index in [0.717, 1.165) is 34.4 Å². The van der Waals surface area contributed by atoms with Gasteiger partial charge in [-0.05, 0) is 0 Å². The fourth-order valence-corrected chi connectivity index (χ4v) is 9.90. The number of ether oxygens (including phenoxy) is 2. The number of aliphatic hydroxyl groups is 4. The SMILES string of the molecule is Nc1ncnc2c1ncn2[C@@H]1O[C@H](COP(=O)([O-])OP(=O)([O-])OP(=O)(O)OP(=O)([O-])OC[C@H]2O[C@@H](n3cnc4c(N)ncnc43)[C@H](O)[C@@H]2O)[C@@H](O)[C@H]1O.[Li+].[Li+].[Li+]. The molecule has 292 valence electrons. The predicted octanol–water partition coefficient (Wildman–Crippen LogP) is -13.3. The van der Waals surface area contributed by atoms with Gasteiger partial charge in [-0.1, -0.05) is 0 Å². The van der Waals surface area contributed by atoms with Gasteiger partial charge in [0.1, 0.15) is 60.3 Å². The van der Waals surface area contributed by atoms with Crippen LogP contribution in [0.2, 0.25) is 0 Å². The molecule has 9 N–H and O–H groups in total. The molecule has 0 amide bonds. The summed E-state index contributed by atoms with van der Waals surface area (Å²) in [6, 6.07) is 0. The third kappa shape index (κ3) is 10.8. The van der Waals surface area contributed by atoms with Gasteiger partial charge in [-0.2, -0.15) is 0 Å². The fourth-order valence-electron chi connectivity index (χ4n) is 5.09. The van der Waals surface area contributed by atoms with Crippen LogP contribution >= 0.6 is 31.3 Å². The average molecular weight is 854 g/mol. The molecule has 29 nitrogen and oxygen atoms in total. The van der Waals surface area contributed by atoms with Crippen LogP contribution in [0.5, 0.6) is 0 Å². The molecule has 4 aromatic rings. The standard InChI is InChI=1S/C20H28N10O19P4.3Li/c21-15-9-17(25-3-23-15)29(5-27-9)19-13(33)11(31)7(45-19)1-43-50(35,36)47-52(39,40)49-53(41,42)48-51(37,38)44-2-8-12(32)14(34)20(46-8)30-6-28-10-16(22)24-4-26-18(10)30;;;/h3-8,11-14,19-20,31-34H,1-2H2,(H,35,36)(H,37,38)(H,39,40)(H,41,42)(H2,21,23,25)(H2,22,24,26);;;/q;3*+1/p-3/t7-,8-,11-,12-,13-,14-,19-,20-;;;/m1.../s1. The van der Waals surface area contributed by atoms with Crippen LogP contribution in [0.4, 0.5) is 11.6 Å². The Labute approximate surface area is 348 Å². The largest absolute Gasteiger partial charge is 1.00 e. The van der Waals surface area contributed by atoms with Gasteiger partial charge in [0.05, 0.1) is 25.9 Å². The van der Waals surface area contributed by atoms with Crippen LogP contribution in [0.3, 0.4) is 0 Å². The summed E-state index contributed by atoms with van der Waals surface area (Å²) in [7, 11) is -25.0. The van der Waals surface area contributed by atoms with Crippen molar-refractivity contribution in [3.8, 4) is 0 Å². The van der Waals surface area contributed by atoms with Gasteiger partial charge in [0.15, 0.2) is 35.4 Å². The smallest absolute Gasteiger partial charge is 0.756 e. The molecule has 56 heavy (non-hydrogen) atoms. The molecule has 12 atom stereocenters. The van der Waals surface area contributed by atoms with E-state index < -0.39 is 93.6 Å². The maximum atomic E-state index is 12.3. The summed E-state index contributed by atoms with van der Waals surface area (Å²) >= 11 is 0. The van der Waals surface area contributed by atoms with E-state index in [1.54, 1.807) is 0 Å². The van der Waals surface area contributed by atoms with E-state index >= 15 is 0 Å². The van der Waals surface area contributed by atoms with Crippen LogP contribution in [0.1, 0.15) is 12.5 Å². The molecule has 0 aliphatic carbocycles. The number of nitrogens with two attached hydrogens (primary N) is 2. The van der Waals surface area contributed by atoms with E-state index in [4.69, 9.17) is 20.9 Å². The van der Waals surface area contributed by atoms with E-state index in [1.807, 2.05) is 0 Å². The average Bonchev–Trinajstić information content (AvgIpc) is 3.80. The molecule has 0 spiro atoms. The molecule has 2 aliphatic heterocycles. The Morgan fingerprint density at radius 2 is 1.00 bits per heavy atom. The molecule has 0 bridgehead atoms. The van der Waals surface area contributed by atoms with Crippen LogP contribution in [0.25, 0.3) is 22.3 Å². The second-order valence-electron chi connectivity index (χ2n) is 10.9. The zero-order valence-corrected chi connectivity index (χ0v) is 32.4. The number of phosphoric ester groups is 2. The van der Waals surface area contributed by atoms with Crippen molar-refractivity contribution in [3.63, 3.8) is 0 Å². The number of imidazole rings is 2. The van der Waals surface area contributed by atoms with Crippen LogP contribution in [-0.2, 0) is 49.7 Å². The van der Waals surface area contributed by atoms with Gasteiger partial charge in [-0.3, -0.25) is 22.8 Å². The number of hydrogen-bond acceptors (Lipinski definition) is 26. The van der Waals surface area contributed by atoms with E-state index in [-0.39, 0.29) is 90.5 Å². The molecule has 0 aromatic carbocycles. The van der Waals surface area contributed by atoms with E-state index in [2.05, 4.69) is 51.9 Å². The molecule has 0 radical (unpaired) electrons. The summed E-state index contributed by atoms with van der Waals surface area (Å²) in [5, 5.41) is 41.7. The van der Waals surface area contributed by atoms with Crippen LogP contribution in [0, 0.1) is 0 Å². The number of fused-ring (bicyclic) bond motifs is 2. The number of anilines is 2. The summed E-state index contributed by atoms with van der Waals surface area (Å²) in [5.74, 6) is -0.0622. The summed E-state index contributed by atoms with van der Waals surface area (Å²) in [4.78, 5) is 69.7. The van der Waals surface area contributed by atoms with E-state index in [0.29, 0.717) is 0 Å². The van der Waals surface area contributed by atoms with Crippen molar-refractivity contribution in [1.29, 1.82) is 0 Å². The first kappa shape index (κ1) is 49.2. The van der Waals surface area contributed by atoms with E-state index in [9.17, 15) is 58.3 Å². The Morgan fingerprint density at radius 3 is 1.41 bits per heavy atom. The van der Waals surface area contributed by atoms with Gasteiger partial charge >= 0.3 is 64.4 Å². The first-order chi connectivity index (χ1) is 24.7. The monoisotopic (exact) mass is 854 g/mol. The van der Waals surface area contributed by atoms with Crippen molar-refractivity contribution in [2.45, 2.75) is 49.1 Å². The molecular weight excluding hydrogens is 829 g/mol. The maximum Gasteiger partial charge on any atom is 1.00 e. The molecular formula is C20H25Li3N10O19P4. The first-order valence-corrected chi connectivity index (χ1v) is 20.1. The van der Waals surface area contributed by atoms with E-state index in [1.165, 1.54) is 0 Å². The molecule has 0 saturated carbocycles. The number of nitrogen functional groups attached to an aromatic ring is 2. The van der Waals surface area contributed by atoms with Crippen molar-refractivity contribution >= 4 is 65.3 Å². The Kier molecular flexibility index (Phi) is 16.3. The fraction of sp³-hybridized carbons (Fsp3) is 0.500. The Bertz CT molecular complexity index is 2060. The summed E-state index contributed by atoms with van der Waals surface area (Å²) in [6.07, 6.45) is -9.03. The van der Waals surface area contributed by atoms with Gasteiger partial charge in [-0.25, -0.2) is 47.4 Å². The van der Waals surface area contributed by atoms with Crippen LogP contribution < -0.4 is 82.7 Å². The Hall–Kier alpha value is -1.19. The number of rotatable bonds is 14. The topological polar surface area (TPSA) is 442 Å². The minimum absolute atomic E-state index is 0. The third-order valence-corrected chi connectivity index (χ3v) is 13.2. The Morgan fingerprint density at radius 1 is 0.625 bits per heavy atom. The normalized spacial score (nSPS) is 29.3. The number of hydrogen-bond donors (Lipinski definition) is 7. The number of aliphatic hydroxyl groups excluding tert-OH is 4. The molecule has 36 heteroatoms. The molecule has 2 saturated heterocycles. The minimum atomic E-state index is -6.53. The molecule has 4 aromatic heterocycles. The summed E-state index contributed by atoms with van der Waals surface area (Å²) < 4.78 is 81.8. The molecule has 6 heterocycles. The van der Waals surface area contributed by atoms with Gasteiger partial charge < -0.3 is 70.0 Å². The first-order valence-electron chi connectivity index (χ1n) is 14.3. The van der Waals surface area contributed by atoms with Gasteiger partial charge in [-0.15, -0.1) is 0 Å². The summed E-state index contributed by atoms with van der Waals surface area (Å²) in [6.45, 7) is -2.41.